The van der Waals surface area contributed by atoms with E-state index < -0.39 is 43.0 Å². The van der Waals surface area contributed by atoms with E-state index >= 15 is 0 Å². The molecule has 1 N–H and O–H groups in total. The molecule has 5 heterocycles. The van der Waals surface area contributed by atoms with E-state index in [9.17, 15) is 11.0 Å². The van der Waals surface area contributed by atoms with E-state index in [1.54, 1.807) is 4.57 Å². The Bertz CT molecular complexity index is 7390. The van der Waals surface area contributed by atoms with Crippen molar-refractivity contribution in [1.82, 2.24) is 14.1 Å². The van der Waals surface area contributed by atoms with Crippen LogP contribution in [0.4, 0.5) is 34.1 Å². The summed E-state index contributed by atoms with van der Waals surface area (Å²) in [4.78, 5) is 9.30. The van der Waals surface area contributed by atoms with Gasteiger partial charge in [-0.15, -0.1) is 0 Å². The molecule has 21 rings (SSSR count). The average molecular weight is 1470 g/mol. The van der Waals surface area contributed by atoms with Crippen LogP contribution in [0, 0.1) is 0 Å². The van der Waals surface area contributed by atoms with Crippen LogP contribution in [0.25, 0.3) is 144 Å². The van der Waals surface area contributed by atoms with E-state index in [1.807, 2.05) is 6.07 Å². The molecular weight excluding hydrogens is 1380 g/mol. The van der Waals surface area contributed by atoms with Crippen LogP contribution in [0.3, 0.4) is 0 Å². The van der Waals surface area contributed by atoms with Crippen molar-refractivity contribution in [2.45, 2.75) is 78.6 Å². The lowest BCUT2D eigenvalue weighted by Crippen LogP contribution is -2.61. The van der Waals surface area contributed by atoms with Crippen LogP contribution in [0.5, 0.6) is 0 Å². The third-order valence-corrected chi connectivity index (χ3v) is 24.0. The fourth-order valence-corrected chi connectivity index (χ4v) is 18.3. The Morgan fingerprint density at radius 2 is 0.711 bits per heavy atom. The summed E-state index contributed by atoms with van der Waals surface area (Å²) in [5.41, 5.74) is 29.2. The van der Waals surface area contributed by atoms with E-state index in [4.69, 9.17) is 0 Å². The van der Waals surface area contributed by atoms with Crippen molar-refractivity contribution in [3.8, 4) is 78.1 Å². The lowest BCUT2D eigenvalue weighted by Gasteiger charge is -2.45. The lowest BCUT2D eigenvalue weighted by atomic mass is 9.33. The van der Waals surface area contributed by atoms with Crippen LogP contribution in [0.15, 0.2) is 352 Å². The van der Waals surface area contributed by atoms with Crippen molar-refractivity contribution in [3.63, 3.8) is 0 Å². The maximum atomic E-state index is 10.0. The summed E-state index contributed by atoms with van der Waals surface area (Å²) in [5.74, 6) is 0. The lowest BCUT2D eigenvalue weighted by molar-refractivity contribution is 0.590. The summed E-state index contributed by atoms with van der Waals surface area (Å²) < 4.78 is 80.8. The SMILES string of the molecule is [2H]c1c([2H])c([2H])c2c(c1[2H])c1c([2H])c([2H])c([2H])c([2H])c1n2-c1ccc2c(c1)N(c1c(-c3ccccc3)cc(C(C)(C)C)cc1-c1ccccc1)c1c3c(cc4[nH]c5c(-c6ccccc6-c6ccccc6-c6ccccc6)cccc5c14)N(c1ccc(-c4ccccc4)cc1)c1cc(-n4c5ccc(C(C)(C)C)cc5c5cc(C(C)(C)C)ccc54)ccc1B23. The Balaban J connectivity index is 0.953. The highest BCUT2D eigenvalue weighted by Gasteiger charge is 2.47. The molecule has 0 spiro atoms. The van der Waals surface area contributed by atoms with E-state index in [1.165, 1.54) is 21.9 Å². The van der Waals surface area contributed by atoms with Gasteiger partial charge in [0.2, 0.25) is 0 Å². The fourth-order valence-electron chi connectivity index (χ4n) is 18.3. The fraction of sp³-hybridized carbons (Fsp3) is 0.111. The minimum atomic E-state index is -0.555. The number of hydrogen-bond donors (Lipinski definition) is 1. The van der Waals surface area contributed by atoms with Crippen LogP contribution in [-0.2, 0) is 16.2 Å². The molecule has 114 heavy (non-hydrogen) atoms. The number of hydrogen-bond acceptors (Lipinski definition) is 2. The number of benzene rings is 16. The molecule has 0 bridgehead atoms. The Hall–Kier alpha value is -13.4. The summed E-state index contributed by atoms with van der Waals surface area (Å²) in [7, 11) is 0. The maximum absolute atomic E-state index is 10.0. The highest BCUT2D eigenvalue weighted by Crippen LogP contribution is 2.56. The number of nitrogens with one attached hydrogen (secondary N) is 1. The van der Waals surface area contributed by atoms with E-state index in [-0.39, 0.29) is 50.1 Å². The summed E-state index contributed by atoms with van der Waals surface area (Å²) >= 11 is 0. The van der Waals surface area contributed by atoms with Gasteiger partial charge in [0.15, 0.2) is 0 Å². The molecule has 0 aliphatic carbocycles. The predicted octanol–water partition coefficient (Wildman–Crippen LogP) is 27.5. The molecule has 0 radical (unpaired) electrons. The molecule has 0 fully saturated rings. The largest absolute Gasteiger partial charge is 0.354 e. The number of aromatic amines is 1. The number of rotatable bonds is 10. The first-order chi connectivity index (χ1) is 58.8. The van der Waals surface area contributed by atoms with Gasteiger partial charge in [-0.1, -0.05) is 323 Å². The third kappa shape index (κ3) is 11.0. The zero-order valence-corrected chi connectivity index (χ0v) is 65.2. The van der Waals surface area contributed by atoms with Gasteiger partial charge in [0.25, 0.3) is 6.71 Å². The average Bonchev–Trinajstić information content (AvgIpc) is 1.24. The van der Waals surface area contributed by atoms with Gasteiger partial charge in [0, 0.05) is 83.1 Å². The summed E-state index contributed by atoms with van der Waals surface area (Å²) in [5, 5.41) is 4.28. The monoisotopic (exact) mass is 1470 g/mol. The van der Waals surface area contributed by atoms with Gasteiger partial charge < -0.3 is 23.9 Å². The number of anilines is 6. The predicted molar refractivity (Wildman–Crippen MR) is 487 cm³/mol. The van der Waals surface area contributed by atoms with Gasteiger partial charge in [-0.3, -0.25) is 0 Å². The molecular formula is C108H86BN5. The topological polar surface area (TPSA) is 32.1 Å². The van der Waals surface area contributed by atoms with Gasteiger partial charge in [-0.25, -0.2) is 0 Å². The van der Waals surface area contributed by atoms with Crippen LogP contribution < -0.4 is 26.2 Å². The molecule has 0 unspecified atom stereocenters. The van der Waals surface area contributed by atoms with Gasteiger partial charge in [0.05, 0.1) is 55.4 Å². The Labute approximate surface area is 678 Å². The van der Waals surface area contributed by atoms with Gasteiger partial charge >= 0.3 is 0 Å². The number of fused-ring (bicyclic) bond motifs is 14. The van der Waals surface area contributed by atoms with Crippen LogP contribution in [-0.4, -0.2) is 20.8 Å². The Morgan fingerprint density at radius 1 is 0.289 bits per heavy atom. The summed E-state index contributed by atoms with van der Waals surface area (Å²) in [6, 6.07) is 107. The number of para-hydroxylation sites is 3. The smallest absolute Gasteiger partial charge is 0.252 e. The molecule has 19 aromatic rings. The standard InChI is InChI=1S/C108H86BN5/c1-106(2,3)73-51-59-96-89(61-73)90-62-74(107(4,5)6)52-60-97(90)113(96)77-55-57-91-98(65-77)111(76-53-49-69(50-54-76)68-31-14-10-15-32-68)100-67-93-101(86-46-30-45-85(103(86)110-93)82-42-25-24-41-81(82)80-40-23-22-39-79(80)70-33-16-11-17-34-70)105-102(100)109(91)92-58-56-78(112-94-47-28-26-43-83(94)84-44-27-29-48-95(84)112)66-99(92)114(105)104-87(71-35-18-12-19-36-71)63-75(108(7,8)9)64-88(104)72-37-20-13-21-38-72/h10-67,110H,1-9H3/i26D,27D,28D,29D,43D,44D,47D,48D. The Kier molecular flexibility index (Phi) is 13.8. The number of nitrogens with zero attached hydrogens (tertiary/aromatic N) is 4. The van der Waals surface area contributed by atoms with Crippen LogP contribution in [0.1, 0.15) is 90.0 Å². The first kappa shape index (κ1) is 60.3. The van der Waals surface area contributed by atoms with Gasteiger partial charge in [-0.05, 0) is 190 Å². The zero-order chi connectivity index (χ0) is 84.0. The van der Waals surface area contributed by atoms with Crippen molar-refractivity contribution in [1.29, 1.82) is 0 Å². The molecule has 5 nitrogen and oxygen atoms in total. The van der Waals surface area contributed by atoms with Crippen LogP contribution >= 0.6 is 0 Å². The highest BCUT2D eigenvalue weighted by molar-refractivity contribution is 7.00. The maximum Gasteiger partial charge on any atom is 0.252 e. The molecule has 3 aromatic heterocycles. The molecule has 0 saturated heterocycles. The molecule has 2 aliphatic heterocycles. The molecule has 0 saturated carbocycles. The molecule has 0 atom stereocenters. The van der Waals surface area contributed by atoms with E-state index in [0.29, 0.717) is 5.69 Å². The molecule has 16 aromatic carbocycles. The minimum Gasteiger partial charge on any atom is -0.354 e. The van der Waals surface area contributed by atoms with Crippen molar-refractivity contribution < 1.29 is 11.0 Å². The molecule has 2 aliphatic rings. The van der Waals surface area contributed by atoms with Crippen molar-refractivity contribution >= 4 is 123 Å². The number of H-pyrrole nitrogens is 1. The first-order valence-corrected chi connectivity index (χ1v) is 39.6. The minimum absolute atomic E-state index is 0.000864. The van der Waals surface area contributed by atoms with E-state index in [2.05, 4.69) is 379 Å². The summed E-state index contributed by atoms with van der Waals surface area (Å²) in [6.45, 7) is 19.9. The quantitative estimate of drug-likeness (QED) is 0.138. The highest BCUT2D eigenvalue weighted by atomic mass is 15.2. The molecule has 546 valence electrons. The molecule has 6 heteroatoms. The van der Waals surface area contributed by atoms with Crippen molar-refractivity contribution in [3.05, 3.63) is 368 Å². The normalized spacial score (nSPS) is 13.9. The van der Waals surface area contributed by atoms with Gasteiger partial charge in [0.1, 0.15) is 0 Å². The van der Waals surface area contributed by atoms with Crippen LogP contribution in [0.2, 0.25) is 0 Å². The van der Waals surface area contributed by atoms with Gasteiger partial charge in [-0.2, -0.15) is 0 Å². The summed E-state index contributed by atoms with van der Waals surface area (Å²) in [6.07, 6.45) is 0. The molecule has 0 amide bonds. The second kappa shape index (κ2) is 26.1. The second-order valence-corrected chi connectivity index (χ2v) is 33.9. The van der Waals surface area contributed by atoms with Crippen molar-refractivity contribution in [2.75, 3.05) is 9.80 Å². The van der Waals surface area contributed by atoms with Crippen molar-refractivity contribution in [2.24, 2.45) is 0 Å². The number of aromatic nitrogens is 3. The Morgan fingerprint density at radius 3 is 1.23 bits per heavy atom. The first-order valence-electron chi connectivity index (χ1n) is 43.6. The van der Waals surface area contributed by atoms with E-state index in [0.717, 1.165) is 161 Å². The second-order valence-electron chi connectivity index (χ2n) is 33.9. The zero-order valence-electron chi connectivity index (χ0n) is 73.2. The third-order valence-electron chi connectivity index (χ3n) is 24.0.